The van der Waals surface area contributed by atoms with Gasteiger partial charge in [0.15, 0.2) is 5.16 Å². The van der Waals surface area contributed by atoms with Crippen LogP contribution in [0, 0.1) is 5.82 Å². The number of hydrogen-bond acceptors (Lipinski definition) is 4. The molecule has 0 bridgehead atoms. The first-order valence-electron chi connectivity index (χ1n) is 7.63. The molecule has 0 spiro atoms. The monoisotopic (exact) mass is 343 g/mol. The summed E-state index contributed by atoms with van der Waals surface area (Å²) in [6.07, 6.45) is 2.67. The SMILES string of the molecule is Nn1cc(-c2ccccc2)nc1SCCCOc1ccc(F)cc1. The van der Waals surface area contributed by atoms with E-state index < -0.39 is 0 Å². The fraction of sp³-hybridized carbons (Fsp3) is 0.167. The van der Waals surface area contributed by atoms with E-state index in [-0.39, 0.29) is 5.82 Å². The van der Waals surface area contributed by atoms with E-state index in [4.69, 9.17) is 10.6 Å². The molecule has 2 N–H and O–H groups in total. The lowest BCUT2D eigenvalue weighted by Gasteiger charge is -2.05. The standard InChI is InChI=1S/C18H18FN3OS/c19-15-7-9-16(10-8-15)23-11-4-12-24-18-21-17(13-22(18)20)14-5-2-1-3-6-14/h1-3,5-10,13H,4,11-12,20H2. The Morgan fingerprint density at radius 1 is 1.08 bits per heavy atom. The Morgan fingerprint density at radius 2 is 1.83 bits per heavy atom. The molecule has 0 aliphatic heterocycles. The van der Waals surface area contributed by atoms with Crippen LogP contribution in [0.15, 0.2) is 66.0 Å². The van der Waals surface area contributed by atoms with Crippen LogP contribution in [0.4, 0.5) is 4.39 Å². The number of ether oxygens (including phenoxy) is 1. The summed E-state index contributed by atoms with van der Waals surface area (Å²) >= 11 is 1.59. The molecule has 0 amide bonds. The van der Waals surface area contributed by atoms with Crippen molar-refractivity contribution < 1.29 is 9.13 Å². The average Bonchev–Trinajstić information content (AvgIpc) is 2.98. The van der Waals surface area contributed by atoms with Gasteiger partial charge >= 0.3 is 0 Å². The largest absolute Gasteiger partial charge is 0.494 e. The van der Waals surface area contributed by atoms with Crippen molar-refractivity contribution in [3.05, 3.63) is 66.6 Å². The number of hydrogen-bond donors (Lipinski definition) is 1. The van der Waals surface area contributed by atoms with Gasteiger partial charge in [0.1, 0.15) is 11.6 Å². The highest BCUT2D eigenvalue weighted by molar-refractivity contribution is 7.99. The first kappa shape index (κ1) is 16.4. The zero-order valence-corrected chi connectivity index (χ0v) is 13.9. The van der Waals surface area contributed by atoms with Crippen LogP contribution in [0.1, 0.15) is 6.42 Å². The zero-order valence-electron chi connectivity index (χ0n) is 13.1. The number of thioether (sulfide) groups is 1. The Kier molecular flexibility index (Phi) is 5.38. The van der Waals surface area contributed by atoms with Gasteiger partial charge in [0, 0.05) is 11.3 Å². The third kappa shape index (κ3) is 4.29. The van der Waals surface area contributed by atoms with Crippen LogP contribution in [0.2, 0.25) is 0 Å². The molecule has 0 aliphatic rings. The molecule has 0 saturated carbocycles. The van der Waals surface area contributed by atoms with Gasteiger partial charge in [-0.05, 0) is 30.7 Å². The minimum Gasteiger partial charge on any atom is -0.494 e. The summed E-state index contributed by atoms with van der Waals surface area (Å²) in [7, 11) is 0. The van der Waals surface area contributed by atoms with Gasteiger partial charge in [-0.3, -0.25) is 0 Å². The molecule has 0 saturated heterocycles. The van der Waals surface area contributed by atoms with Gasteiger partial charge < -0.3 is 10.6 Å². The van der Waals surface area contributed by atoms with Gasteiger partial charge in [0.2, 0.25) is 0 Å². The summed E-state index contributed by atoms with van der Waals surface area (Å²) < 4.78 is 19.9. The van der Waals surface area contributed by atoms with E-state index in [0.29, 0.717) is 12.4 Å². The van der Waals surface area contributed by atoms with Crippen LogP contribution in [-0.4, -0.2) is 22.0 Å². The van der Waals surface area contributed by atoms with Gasteiger partial charge in [-0.1, -0.05) is 42.1 Å². The maximum atomic E-state index is 12.8. The van der Waals surface area contributed by atoms with Crippen LogP contribution >= 0.6 is 11.8 Å². The van der Waals surface area contributed by atoms with Crippen molar-refractivity contribution in [3.8, 4) is 17.0 Å². The van der Waals surface area contributed by atoms with Gasteiger partial charge in [-0.15, -0.1) is 0 Å². The fourth-order valence-electron chi connectivity index (χ4n) is 2.17. The molecule has 1 heterocycles. The van der Waals surface area contributed by atoms with Crippen LogP contribution in [0.5, 0.6) is 5.75 Å². The predicted molar refractivity (Wildman–Crippen MR) is 95.0 cm³/mol. The molecule has 2 aromatic carbocycles. The van der Waals surface area contributed by atoms with E-state index >= 15 is 0 Å². The third-order valence-electron chi connectivity index (χ3n) is 3.37. The van der Waals surface area contributed by atoms with Gasteiger partial charge in [-0.2, -0.15) is 0 Å². The number of imidazole rings is 1. The van der Waals surface area contributed by atoms with E-state index in [1.54, 1.807) is 28.6 Å². The van der Waals surface area contributed by atoms with Crippen molar-refractivity contribution in [1.82, 2.24) is 9.66 Å². The lowest BCUT2D eigenvalue weighted by molar-refractivity contribution is 0.318. The molecule has 3 rings (SSSR count). The summed E-state index contributed by atoms with van der Waals surface area (Å²) in [5, 5.41) is 0.774. The number of nitrogens with zero attached hydrogens (tertiary/aromatic N) is 2. The summed E-state index contributed by atoms with van der Waals surface area (Å²) in [6, 6.07) is 16.0. The maximum absolute atomic E-state index is 12.8. The van der Waals surface area contributed by atoms with Crippen molar-refractivity contribution in [2.45, 2.75) is 11.6 Å². The Hall–Kier alpha value is -2.47. The minimum absolute atomic E-state index is 0.262. The Morgan fingerprint density at radius 3 is 2.58 bits per heavy atom. The quantitative estimate of drug-likeness (QED) is 0.401. The molecule has 0 atom stereocenters. The number of halogens is 1. The van der Waals surface area contributed by atoms with Crippen molar-refractivity contribution in [1.29, 1.82) is 0 Å². The number of benzene rings is 2. The second kappa shape index (κ2) is 7.88. The number of nitrogen functional groups attached to an aromatic ring is 1. The maximum Gasteiger partial charge on any atom is 0.187 e. The van der Waals surface area contributed by atoms with Gasteiger partial charge in [-0.25, -0.2) is 14.1 Å². The molecular weight excluding hydrogens is 325 g/mol. The van der Waals surface area contributed by atoms with Crippen molar-refractivity contribution in [2.24, 2.45) is 0 Å². The average molecular weight is 343 g/mol. The van der Waals surface area contributed by atoms with E-state index in [2.05, 4.69) is 4.98 Å². The first-order chi connectivity index (χ1) is 11.7. The number of nitrogens with two attached hydrogens (primary N) is 1. The molecule has 4 nitrogen and oxygen atoms in total. The molecule has 0 radical (unpaired) electrons. The van der Waals surface area contributed by atoms with E-state index in [1.165, 1.54) is 12.1 Å². The minimum atomic E-state index is -0.262. The summed E-state index contributed by atoms with van der Waals surface area (Å²) in [4.78, 5) is 4.56. The normalized spacial score (nSPS) is 10.7. The van der Waals surface area contributed by atoms with E-state index in [9.17, 15) is 4.39 Å². The summed E-state index contributed by atoms with van der Waals surface area (Å²) in [6.45, 7) is 0.565. The molecular formula is C18H18FN3OS. The van der Waals surface area contributed by atoms with Crippen molar-refractivity contribution in [3.63, 3.8) is 0 Å². The van der Waals surface area contributed by atoms with Crippen LogP contribution < -0.4 is 10.6 Å². The highest BCUT2D eigenvalue weighted by Crippen LogP contribution is 2.23. The predicted octanol–water partition coefficient (Wildman–Crippen LogP) is 3.96. The Bertz CT molecular complexity index is 775. The zero-order chi connectivity index (χ0) is 16.8. The van der Waals surface area contributed by atoms with Gasteiger partial charge in [0.05, 0.1) is 18.5 Å². The molecule has 0 aliphatic carbocycles. The van der Waals surface area contributed by atoms with Crippen molar-refractivity contribution >= 4 is 11.8 Å². The second-order valence-corrected chi connectivity index (χ2v) is 6.25. The molecule has 0 fully saturated rings. The Labute approximate surface area is 144 Å². The molecule has 1 aromatic heterocycles. The van der Waals surface area contributed by atoms with Crippen LogP contribution in [-0.2, 0) is 0 Å². The lowest BCUT2D eigenvalue weighted by Crippen LogP contribution is -2.08. The molecule has 6 heteroatoms. The number of rotatable bonds is 7. The molecule has 24 heavy (non-hydrogen) atoms. The lowest BCUT2D eigenvalue weighted by atomic mass is 10.2. The van der Waals surface area contributed by atoms with Gasteiger partial charge in [0.25, 0.3) is 0 Å². The highest BCUT2D eigenvalue weighted by atomic mass is 32.2. The first-order valence-corrected chi connectivity index (χ1v) is 8.62. The molecule has 3 aromatic rings. The van der Waals surface area contributed by atoms with E-state index in [0.717, 1.165) is 28.6 Å². The second-order valence-electron chi connectivity index (χ2n) is 5.19. The summed E-state index contributed by atoms with van der Waals surface area (Å²) in [5.74, 6) is 7.21. The summed E-state index contributed by atoms with van der Waals surface area (Å²) in [5.41, 5.74) is 1.91. The third-order valence-corrected chi connectivity index (χ3v) is 4.42. The topological polar surface area (TPSA) is 53.1 Å². The van der Waals surface area contributed by atoms with Crippen LogP contribution in [0.3, 0.4) is 0 Å². The molecule has 0 unspecified atom stereocenters. The Balaban J connectivity index is 1.47. The van der Waals surface area contributed by atoms with E-state index in [1.807, 2.05) is 36.5 Å². The smallest absolute Gasteiger partial charge is 0.187 e. The van der Waals surface area contributed by atoms with Crippen molar-refractivity contribution in [2.75, 3.05) is 18.2 Å². The molecule has 124 valence electrons. The highest BCUT2D eigenvalue weighted by Gasteiger charge is 2.08. The van der Waals surface area contributed by atoms with Crippen LogP contribution in [0.25, 0.3) is 11.3 Å². The number of aromatic nitrogens is 2. The fourth-order valence-corrected chi connectivity index (χ4v) is 2.98.